The first-order valence-corrected chi connectivity index (χ1v) is 5.24. The van der Waals surface area contributed by atoms with Crippen molar-refractivity contribution in [3.63, 3.8) is 0 Å². The molecule has 1 unspecified atom stereocenters. The molecule has 1 rings (SSSR count). The average molecular weight is 192 g/mol. The minimum Gasteiger partial charge on any atom is -0.385 e. The first kappa shape index (κ1) is 11.1. The van der Waals surface area contributed by atoms with E-state index in [1.165, 1.54) is 11.3 Å². The second kappa shape index (κ2) is 5.66. The fourth-order valence-electron chi connectivity index (χ4n) is 1.33. The number of nitrogens with two attached hydrogens (primary N) is 1. The molecule has 0 saturated carbocycles. The van der Waals surface area contributed by atoms with E-state index < -0.39 is 0 Å². The number of nitrogens with one attached hydrogen (secondary N) is 1. The summed E-state index contributed by atoms with van der Waals surface area (Å²) in [5.74, 6) is 0. The monoisotopic (exact) mass is 192 g/mol. The Hall–Kier alpha value is -1.02. The fraction of sp³-hybridized carbons (Fsp3) is 0.500. The van der Waals surface area contributed by atoms with Crippen LogP contribution in [0.2, 0.25) is 0 Å². The molecular formula is C12H20N2. The largest absolute Gasteiger partial charge is 0.385 e. The van der Waals surface area contributed by atoms with Crippen molar-refractivity contribution < 1.29 is 0 Å². The molecule has 1 aromatic carbocycles. The maximum atomic E-state index is 5.66. The van der Waals surface area contributed by atoms with Gasteiger partial charge < -0.3 is 11.1 Å². The Labute approximate surface area is 86.5 Å². The fourth-order valence-corrected chi connectivity index (χ4v) is 1.33. The van der Waals surface area contributed by atoms with E-state index in [2.05, 4.69) is 36.5 Å². The van der Waals surface area contributed by atoms with Gasteiger partial charge in [0.25, 0.3) is 0 Å². The lowest BCUT2D eigenvalue weighted by Crippen LogP contribution is -2.16. The van der Waals surface area contributed by atoms with Gasteiger partial charge in [-0.1, -0.05) is 17.7 Å². The molecule has 0 spiro atoms. The molecule has 0 aliphatic carbocycles. The Morgan fingerprint density at radius 1 is 1.29 bits per heavy atom. The molecule has 0 amide bonds. The summed E-state index contributed by atoms with van der Waals surface area (Å²) in [5.41, 5.74) is 8.16. The van der Waals surface area contributed by atoms with Crippen LogP contribution in [-0.2, 0) is 0 Å². The summed E-state index contributed by atoms with van der Waals surface area (Å²) < 4.78 is 0. The molecule has 0 saturated heterocycles. The second-order valence-corrected chi connectivity index (χ2v) is 3.91. The highest BCUT2D eigenvalue weighted by Gasteiger charge is 1.94. The van der Waals surface area contributed by atoms with Gasteiger partial charge in [0.15, 0.2) is 0 Å². The van der Waals surface area contributed by atoms with Gasteiger partial charge in [-0.2, -0.15) is 0 Å². The maximum Gasteiger partial charge on any atom is 0.0340 e. The third-order valence-electron chi connectivity index (χ3n) is 2.22. The first-order chi connectivity index (χ1) is 6.68. The van der Waals surface area contributed by atoms with Crippen LogP contribution in [0.4, 0.5) is 5.69 Å². The van der Waals surface area contributed by atoms with Gasteiger partial charge in [0, 0.05) is 18.3 Å². The van der Waals surface area contributed by atoms with Gasteiger partial charge in [-0.05, 0) is 38.8 Å². The molecule has 0 radical (unpaired) electrons. The zero-order chi connectivity index (χ0) is 10.4. The number of benzene rings is 1. The Kier molecular flexibility index (Phi) is 4.47. The normalized spacial score (nSPS) is 12.5. The van der Waals surface area contributed by atoms with Crippen LogP contribution in [0.5, 0.6) is 0 Å². The van der Waals surface area contributed by atoms with E-state index in [9.17, 15) is 0 Å². The van der Waals surface area contributed by atoms with Crippen LogP contribution < -0.4 is 11.1 Å². The smallest absolute Gasteiger partial charge is 0.0340 e. The Morgan fingerprint density at radius 2 is 1.93 bits per heavy atom. The van der Waals surface area contributed by atoms with Crippen molar-refractivity contribution in [2.24, 2.45) is 5.73 Å². The van der Waals surface area contributed by atoms with E-state index >= 15 is 0 Å². The van der Waals surface area contributed by atoms with Crippen LogP contribution in [0.1, 0.15) is 25.3 Å². The van der Waals surface area contributed by atoms with Crippen molar-refractivity contribution in [1.29, 1.82) is 0 Å². The lowest BCUT2D eigenvalue weighted by molar-refractivity contribution is 0.639. The van der Waals surface area contributed by atoms with Gasteiger partial charge in [0.2, 0.25) is 0 Å². The Bertz CT molecular complexity index is 252. The van der Waals surface area contributed by atoms with Crippen LogP contribution in [0.3, 0.4) is 0 Å². The number of hydrogen-bond donors (Lipinski definition) is 2. The van der Waals surface area contributed by atoms with Gasteiger partial charge >= 0.3 is 0 Å². The number of rotatable bonds is 5. The SMILES string of the molecule is Cc1ccc(NCCCC(C)N)cc1. The van der Waals surface area contributed by atoms with Crippen LogP contribution in [-0.4, -0.2) is 12.6 Å². The minimum atomic E-state index is 0.315. The van der Waals surface area contributed by atoms with Crippen LogP contribution in [0.15, 0.2) is 24.3 Å². The molecule has 0 aromatic heterocycles. The minimum absolute atomic E-state index is 0.315. The highest BCUT2D eigenvalue weighted by molar-refractivity contribution is 5.44. The summed E-state index contributed by atoms with van der Waals surface area (Å²) in [4.78, 5) is 0. The maximum absolute atomic E-state index is 5.66. The van der Waals surface area contributed by atoms with Gasteiger partial charge in [0.05, 0.1) is 0 Å². The molecule has 1 atom stereocenters. The summed E-state index contributed by atoms with van der Waals surface area (Å²) in [6, 6.07) is 8.78. The van der Waals surface area contributed by atoms with Crippen molar-refractivity contribution in [2.75, 3.05) is 11.9 Å². The van der Waals surface area contributed by atoms with Crippen molar-refractivity contribution in [3.05, 3.63) is 29.8 Å². The number of hydrogen-bond acceptors (Lipinski definition) is 2. The molecule has 14 heavy (non-hydrogen) atoms. The molecule has 78 valence electrons. The van der Waals surface area contributed by atoms with Crippen molar-refractivity contribution in [3.8, 4) is 0 Å². The lowest BCUT2D eigenvalue weighted by atomic mass is 10.2. The Balaban J connectivity index is 2.21. The molecular weight excluding hydrogens is 172 g/mol. The zero-order valence-electron chi connectivity index (χ0n) is 9.09. The molecule has 2 heteroatoms. The van der Waals surface area contributed by atoms with Crippen molar-refractivity contribution in [2.45, 2.75) is 32.7 Å². The number of anilines is 1. The van der Waals surface area contributed by atoms with Gasteiger partial charge in [-0.15, -0.1) is 0 Å². The highest BCUT2D eigenvalue weighted by atomic mass is 14.9. The molecule has 0 aliphatic rings. The van der Waals surface area contributed by atoms with Gasteiger partial charge in [-0.25, -0.2) is 0 Å². The molecule has 1 aromatic rings. The summed E-state index contributed by atoms with van der Waals surface area (Å²) in [6.07, 6.45) is 2.21. The predicted octanol–water partition coefficient (Wildman–Crippen LogP) is 2.53. The molecule has 0 heterocycles. The van der Waals surface area contributed by atoms with Crippen molar-refractivity contribution in [1.82, 2.24) is 0 Å². The second-order valence-electron chi connectivity index (χ2n) is 3.91. The van der Waals surface area contributed by atoms with E-state index in [0.29, 0.717) is 6.04 Å². The van der Waals surface area contributed by atoms with Crippen LogP contribution in [0.25, 0.3) is 0 Å². The molecule has 0 fully saturated rings. The Morgan fingerprint density at radius 3 is 2.50 bits per heavy atom. The molecule has 0 aliphatic heterocycles. The quantitative estimate of drug-likeness (QED) is 0.704. The van der Waals surface area contributed by atoms with Gasteiger partial charge in [-0.3, -0.25) is 0 Å². The average Bonchev–Trinajstić information content (AvgIpc) is 2.15. The summed E-state index contributed by atoms with van der Waals surface area (Å²) >= 11 is 0. The zero-order valence-corrected chi connectivity index (χ0v) is 9.09. The topological polar surface area (TPSA) is 38.0 Å². The molecule has 3 N–H and O–H groups in total. The van der Waals surface area contributed by atoms with E-state index in [0.717, 1.165) is 19.4 Å². The third-order valence-corrected chi connectivity index (χ3v) is 2.22. The van der Waals surface area contributed by atoms with E-state index in [1.807, 2.05) is 6.92 Å². The summed E-state index contributed by atoms with van der Waals surface area (Å²) in [7, 11) is 0. The summed E-state index contributed by atoms with van der Waals surface area (Å²) in [5, 5.41) is 3.37. The lowest BCUT2D eigenvalue weighted by Gasteiger charge is -2.07. The van der Waals surface area contributed by atoms with E-state index in [4.69, 9.17) is 5.73 Å². The van der Waals surface area contributed by atoms with Crippen molar-refractivity contribution >= 4 is 5.69 Å². The van der Waals surface area contributed by atoms with Crippen LogP contribution in [0, 0.1) is 6.92 Å². The number of aryl methyl sites for hydroxylation is 1. The molecule has 2 nitrogen and oxygen atoms in total. The molecule has 0 bridgehead atoms. The summed E-state index contributed by atoms with van der Waals surface area (Å²) in [6.45, 7) is 5.15. The first-order valence-electron chi connectivity index (χ1n) is 5.24. The van der Waals surface area contributed by atoms with E-state index in [-0.39, 0.29) is 0 Å². The standard InChI is InChI=1S/C12H20N2/c1-10-5-7-12(8-6-10)14-9-3-4-11(2)13/h5-8,11,14H,3-4,9,13H2,1-2H3. The van der Waals surface area contributed by atoms with Gasteiger partial charge in [0.1, 0.15) is 0 Å². The van der Waals surface area contributed by atoms with Crippen LogP contribution >= 0.6 is 0 Å². The van der Waals surface area contributed by atoms with E-state index in [1.54, 1.807) is 0 Å². The highest BCUT2D eigenvalue weighted by Crippen LogP contribution is 2.08. The third kappa shape index (κ3) is 4.28. The predicted molar refractivity (Wildman–Crippen MR) is 62.6 cm³/mol.